The molecule has 4 nitrogen and oxygen atoms in total. The fourth-order valence-electron chi connectivity index (χ4n) is 1.94. The van der Waals surface area contributed by atoms with Crippen molar-refractivity contribution in [1.82, 2.24) is 0 Å². The Kier molecular flexibility index (Phi) is 4.48. The SMILES string of the molecule is CC(C)Oc1ccc(C(=O)N(C)c2ccc(O)cc2)cc1. The number of amides is 1. The van der Waals surface area contributed by atoms with Gasteiger partial charge in [0, 0.05) is 18.3 Å². The molecule has 2 aromatic carbocycles. The van der Waals surface area contributed by atoms with Crippen molar-refractivity contribution in [2.45, 2.75) is 20.0 Å². The zero-order chi connectivity index (χ0) is 15.4. The molecule has 0 heterocycles. The van der Waals surface area contributed by atoms with Gasteiger partial charge in [0.25, 0.3) is 5.91 Å². The topological polar surface area (TPSA) is 49.8 Å². The average Bonchev–Trinajstić information content (AvgIpc) is 2.47. The highest BCUT2D eigenvalue weighted by molar-refractivity contribution is 6.05. The molecule has 1 amide bonds. The summed E-state index contributed by atoms with van der Waals surface area (Å²) in [6, 6.07) is 13.6. The van der Waals surface area contributed by atoms with E-state index in [0.29, 0.717) is 5.56 Å². The van der Waals surface area contributed by atoms with E-state index in [1.807, 2.05) is 13.8 Å². The van der Waals surface area contributed by atoms with Crippen LogP contribution in [0.4, 0.5) is 5.69 Å². The molecule has 0 radical (unpaired) electrons. The minimum Gasteiger partial charge on any atom is -0.508 e. The summed E-state index contributed by atoms with van der Waals surface area (Å²) in [5.41, 5.74) is 1.31. The van der Waals surface area contributed by atoms with Crippen molar-refractivity contribution in [3.8, 4) is 11.5 Å². The zero-order valence-corrected chi connectivity index (χ0v) is 12.4. The Morgan fingerprint density at radius 3 is 2.14 bits per heavy atom. The Bertz CT molecular complexity index is 603. The molecule has 1 N–H and O–H groups in total. The van der Waals surface area contributed by atoms with Crippen LogP contribution in [0.1, 0.15) is 24.2 Å². The van der Waals surface area contributed by atoms with Crippen molar-refractivity contribution in [3.05, 3.63) is 54.1 Å². The first kappa shape index (κ1) is 14.9. The van der Waals surface area contributed by atoms with Crippen LogP contribution >= 0.6 is 0 Å². The van der Waals surface area contributed by atoms with Gasteiger partial charge in [-0.25, -0.2) is 0 Å². The van der Waals surface area contributed by atoms with Crippen LogP contribution in [-0.4, -0.2) is 24.2 Å². The first-order chi connectivity index (χ1) is 9.97. The molecule has 0 aromatic heterocycles. The fraction of sp³-hybridized carbons (Fsp3) is 0.235. The van der Waals surface area contributed by atoms with Gasteiger partial charge in [-0.15, -0.1) is 0 Å². The molecule has 4 heteroatoms. The third-order valence-corrected chi connectivity index (χ3v) is 3.01. The number of aromatic hydroxyl groups is 1. The maximum Gasteiger partial charge on any atom is 0.258 e. The number of phenols is 1. The Hall–Kier alpha value is -2.49. The molecule has 0 aliphatic carbocycles. The van der Waals surface area contributed by atoms with E-state index in [1.165, 1.54) is 4.90 Å². The molecule has 0 atom stereocenters. The third-order valence-electron chi connectivity index (χ3n) is 3.01. The minimum atomic E-state index is -0.114. The molecular formula is C17H19NO3. The molecule has 0 aliphatic rings. The number of phenolic OH excluding ortho intramolecular Hbond substituents is 1. The van der Waals surface area contributed by atoms with Gasteiger partial charge in [-0.2, -0.15) is 0 Å². The highest BCUT2D eigenvalue weighted by atomic mass is 16.5. The van der Waals surface area contributed by atoms with Crippen molar-refractivity contribution >= 4 is 11.6 Å². The first-order valence-corrected chi connectivity index (χ1v) is 6.81. The van der Waals surface area contributed by atoms with Gasteiger partial charge < -0.3 is 14.7 Å². The molecule has 0 saturated heterocycles. The summed E-state index contributed by atoms with van der Waals surface area (Å²) in [6.45, 7) is 3.91. The smallest absolute Gasteiger partial charge is 0.258 e. The number of hydrogen-bond acceptors (Lipinski definition) is 3. The number of ether oxygens (including phenoxy) is 1. The standard InChI is InChI=1S/C17H19NO3/c1-12(2)21-16-10-4-13(5-11-16)17(20)18(3)14-6-8-15(19)9-7-14/h4-12,19H,1-3H3. The molecule has 2 aromatic rings. The van der Waals surface area contributed by atoms with Crippen LogP contribution in [0.2, 0.25) is 0 Å². The molecule has 0 saturated carbocycles. The fourth-order valence-corrected chi connectivity index (χ4v) is 1.94. The quantitative estimate of drug-likeness (QED) is 0.936. The Morgan fingerprint density at radius 2 is 1.62 bits per heavy atom. The van der Waals surface area contributed by atoms with Crippen molar-refractivity contribution < 1.29 is 14.6 Å². The molecule has 2 rings (SSSR count). The minimum absolute atomic E-state index is 0.103. The monoisotopic (exact) mass is 285 g/mol. The third kappa shape index (κ3) is 3.75. The predicted octanol–water partition coefficient (Wildman–Crippen LogP) is 3.46. The number of benzene rings is 2. The lowest BCUT2D eigenvalue weighted by molar-refractivity contribution is 0.0993. The zero-order valence-electron chi connectivity index (χ0n) is 12.4. The van der Waals surface area contributed by atoms with Crippen LogP contribution in [0.25, 0.3) is 0 Å². The molecule has 0 fully saturated rings. The lowest BCUT2D eigenvalue weighted by Gasteiger charge is -2.18. The van der Waals surface area contributed by atoms with Gasteiger partial charge in [-0.3, -0.25) is 4.79 Å². The highest BCUT2D eigenvalue weighted by Gasteiger charge is 2.13. The van der Waals surface area contributed by atoms with E-state index < -0.39 is 0 Å². The van der Waals surface area contributed by atoms with E-state index in [1.54, 1.807) is 55.6 Å². The second kappa shape index (κ2) is 6.31. The van der Waals surface area contributed by atoms with Crippen LogP contribution in [0.3, 0.4) is 0 Å². The van der Waals surface area contributed by atoms with E-state index in [9.17, 15) is 9.90 Å². The largest absolute Gasteiger partial charge is 0.508 e. The van der Waals surface area contributed by atoms with Crippen LogP contribution < -0.4 is 9.64 Å². The van der Waals surface area contributed by atoms with Crippen molar-refractivity contribution in [2.24, 2.45) is 0 Å². The van der Waals surface area contributed by atoms with Gasteiger partial charge in [-0.05, 0) is 62.4 Å². The molecule has 0 aliphatic heterocycles. The lowest BCUT2D eigenvalue weighted by Crippen LogP contribution is -2.26. The summed E-state index contributed by atoms with van der Waals surface area (Å²) < 4.78 is 5.55. The van der Waals surface area contributed by atoms with Gasteiger partial charge in [-0.1, -0.05) is 0 Å². The maximum absolute atomic E-state index is 12.4. The van der Waals surface area contributed by atoms with Crippen LogP contribution in [0, 0.1) is 0 Å². The average molecular weight is 285 g/mol. The molecule has 21 heavy (non-hydrogen) atoms. The summed E-state index contributed by atoms with van der Waals surface area (Å²) in [5, 5.41) is 9.28. The molecule has 0 spiro atoms. The van der Waals surface area contributed by atoms with Crippen molar-refractivity contribution in [3.63, 3.8) is 0 Å². The van der Waals surface area contributed by atoms with Gasteiger partial charge in [0.1, 0.15) is 11.5 Å². The van der Waals surface area contributed by atoms with E-state index in [2.05, 4.69) is 0 Å². The summed E-state index contributed by atoms with van der Waals surface area (Å²) in [4.78, 5) is 13.9. The summed E-state index contributed by atoms with van der Waals surface area (Å²) in [7, 11) is 1.70. The van der Waals surface area contributed by atoms with Gasteiger partial charge in [0.2, 0.25) is 0 Å². The van der Waals surface area contributed by atoms with Gasteiger partial charge in [0.05, 0.1) is 6.10 Å². The number of rotatable bonds is 4. The molecule has 0 bridgehead atoms. The van der Waals surface area contributed by atoms with E-state index >= 15 is 0 Å². The highest BCUT2D eigenvalue weighted by Crippen LogP contribution is 2.20. The predicted molar refractivity (Wildman–Crippen MR) is 83.0 cm³/mol. The summed E-state index contributed by atoms with van der Waals surface area (Å²) >= 11 is 0. The van der Waals surface area contributed by atoms with Gasteiger partial charge in [0.15, 0.2) is 0 Å². The Balaban J connectivity index is 2.13. The van der Waals surface area contributed by atoms with Gasteiger partial charge >= 0.3 is 0 Å². The summed E-state index contributed by atoms with van der Waals surface area (Å²) in [6.07, 6.45) is 0.103. The van der Waals surface area contributed by atoms with Crippen LogP contribution in [0.5, 0.6) is 11.5 Å². The number of hydrogen-bond donors (Lipinski definition) is 1. The number of carbonyl (C=O) groups is 1. The number of nitrogens with zero attached hydrogens (tertiary/aromatic N) is 1. The first-order valence-electron chi connectivity index (χ1n) is 6.81. The number of anilines is 1. The molecular weight excluding hydrogens is 266 g/mol. The normalized spacial score (nSPS) is 10.5. The maximum atomic E-state index is 12.4. The summed E-state index contributed by atoms with van der Waals surface area (Å²) in [5.74, 6) is 0.806. The van der Waals surface area contributed by atoms with Crippen LogP contribution in [0.15, 0.2) is 48.5 Å². The lowest BCUT2D eigenvalue weighted by atomic mass is 10.2. The Morgan fingerprint density at radius 1 is 1.05 bits per heavy atom. The molecule has 0 unspecified atom stereocenters. The van der Waals surface area contributed by atoms with E-state index in [4.69, 9.17) is 4.74 Å². The van der Waals surface area contributed by atoms with E-state index in [-0.39, 0.29) is 17.8 Å². The number of carbonyl (C=O) groups excluding carboxylic acids is 1. The van der Waals surface area contributed by atoms with E-state index in [0.717, 1.165) is 11.4 Å². The van der Waals surface area contributed by atoms with Crippen LogP contribution in [-0.2, 0) is 0 Å². The van der Waals surface area contributed by atoms with Crippen molar-refractivity contribution in [2.75, 3.05) is 11.9 Å². The molecule has 110 valence electrons. The second-order valence-corrected chi connectivity index (χ2v) is 5.07. The second-order valence-electron chi connectivity index (χ2n) is 5.07. The van der Waals surface area contributed by atoms with Crippen molar-refractivity contribution in [1.29, 1.82) is 0 Å². The Labute approximate surface area is 124 Å².